The van der Waals surface area contributed by atoms with E-state index in [2.05, 4.69) is 15.3 Å². The fourth-order valence-electron chi connectivity index (χ4n) is 3.75. The maximum absolute atomic E-state index is 13.7. The summed E-state index contributed by atoms with van der Waals surface area (Å²) in [5, 5.41) is 3.38. The average molecular weight is 411 g/mol. The SMILES string of the molecule is O=S(=O)(c1ccc2nccc(NC3=NCc4ccc(F)cc43)c2c1)C1CCOC1. The summed E-state index contributed by atoms with van der Waals surface area (Å²) in [5.74, 6) is 0.233. The molecule has 3 heterocycles. The number of halogens is 1. The van der Waals surface area contributed by atoms with Crippen molar-refractivity contribution in [3.05, 3.63) is 65.6 Å². The van der Waals surface area contributed by atoms with Crippen LogP contribution in [0.1, 0.15) is 17.5 Å². The summed E-state index contributed by atoms with van der Waals surface area (Å²) in [7, 11) is -3.49. The lowest BCUT2D eigenvalue weighted by Gasteiger charge is -2.13. The number of amidine groups is 1. The molecule has 0 saturated carbocycles. The van der Waals surface area contributed by atoms with Crippen molar-refractivity contribution in [2.75, 3.05) is 18.5 Å². The van der Waals surface area contributed by atoms with E-state index in [1.807, 2.05) is 0 Å². The molecule has 1 atom stereocenters. The molecule has 0 amide bonds. The number of ether oxygens (including phenoxy) is 1. The van der Waals surface area contributed by atoms with E-state index < -0.39 is 15.1 Å². The first-order valence-corrected chi connectivity index (χ1v) is 10.9. The lowest BCUT2D eigenvalue weighted by Crippen LogP contribution is -2.21. The number of fused-ring (bicyclic) bond motifs is 2. The van der Waals surface area contributed by atoms with Crippen molar-refractivity contribution in [1.29, 1.82) is 0 Å². The molecule has 148 valence electrons. The number of pyridine rings is 1. The van der Waals surface area contributed by atoms with Crippen molar-refractivity contribution in [3.8, 4) is 0 Å². The molecule has 8 heteroatoms. The molecule has 1 aromatic heterocycles. The van der Waals surface area contributed by atoms with E-state index in [0.717, 1.165) is 5.56 Å². The second kappa shape index (κ2) is 6.89. The van der Waals surface area contributed by atoms with Gasteiger partial charge in [0.2, 0.25) is 0 Å². The van der Waals surface area contributed by atoms with Gasteiger partial charge in [-0.2, -0.15) is 0 Å². The van der Waals surface area contributed by atoms with E-state index in [9.17, 15) is 12.8 Å². The van der Waals surface area contributed by atoms with Gasteiger partial charge >= 0.3 is 0 Å². The highest BCUT2D eigenvalue weighted by atomic mass is 32.2. The fourth-order valence-corrected chi connectivity index (χ4v) is 5.36. The molecular weight excluding hydrogens is 393 g/mol. The summed E-state index contributed by atoms with van der Waals surface area (Å²) < 4.78 is 44.8. The Hall–Kier alpha value is -2.84. The first kappa shape index (κ1) is 18.2. The van der Waals surface area contributed by atoms with Gasteiger partial charge in [-0.1, -0.05) is 6.07 Å². The van der Waals surface area contributed by atoms with E-state index in [0.29, 0.717) is 47.6 Å². The van der Waals surface area contributed by atoms with Crippen molar-refractivity contribution in [3.63, 3.8) is 0 Å². The van der Waals surface area contributed by atoms with Gasteiger partial charge in [0, 0.05) is 23.8 Å². The third-order valence-corrected chi connectivity index (χ3v) is 7.52. The Kier molecular flexibility index (Phi) is 4.33. The van der Waals surface area contributed by atoms with Gasteiger partial charge in [-0.05, 0) is 48.4 Å². The molecular formula is C21H18FN3O3S. The molecule has 1 saturated heterocycles. The third-order valence-electron chi connectivity index (χ3n) is 5.36. The zero-order valence-electron chi connectivity index (χ0n) is 15.4. The summed E-state index contributed by atoms with van der Waals surface area (Å²) in [4.78, 5) is 9.05. The summed E-state index contributed by atoms with van der Waals surface area (Å²) in [6.45, 7) is 1.15. The Morgan fingerprint density at radius 1 is 1.14 bits per heavy atom. The molecule has 1 fully saturated rings. The third kappa shape index (κ3) is 3.18. The maximum atomic E-state index is 13.7. The molecule has 0 radical (unpaired) electrons. The number of anilines is 1. The summed E-state index contributed by atoms with van der Waals surface area (Å²) in [6.07, 6.45) is 2.14. The van der Waals surface area contributed by atoms with Crippen molar-refractivity contribution < 1.29 is 17.5 Å². The van der Waals surface area contributed by atoms with Gasteiger partial charge < -0.3 is 10.1 Å². The molecule has 2 aromatic carbocycles. The predicted octanol–water partition coefficient (Wildman–Crippen LogP) is 3.31. The summed E-state index contributed by atoms with van der Waals surface area (Å²) in [5.41, 5.74) is 2.99. The molecule has 0 aliphatic carbocycles. The zero-order valence-corrected chi connectivity index (χ0v) is 16.2. The van der Waals surface area contributed by atoms with Crippen LogP contribution in [0, 0.1) is 5.82 Å². The predicted molar refractivity (Wildman–Crippen MR) is 108 cm³/mol. The number of benzene rings is 2. The number of nitrogens with zero attached hydrogens (tertiary/aromatic N) is 2. The highest BCUT2D eigenvalue weighted by Gasteiger charge is 2.31. The van der Waals surface area contributed by atoms with Crippen LogP contribution in [0.15, 0.2) is 58.5 Å². The number of rotatable bonds is 3. The Morgan fingerprint density at radius 2 is 2.03 bits per heavy atom. The first-order chi connectivity index (χ1) is 14.0. The van der Waals surface area contributed by atoms with Crippen LogP contribution in [0.4, 0.5) is 10.1 Å². The van der Waals surface area contributed by atoms with Crippen LogP contribution in [0.25, 0.3) is 10.9 Å². The van der Waals surface area contributed by atoms with Gasteiger partial charge in [-0.15, -0.1) is 0 Å². The molecule has 2 aliphatic rings. The fraction of sp³-hybridized carbons (Fsp3) is 0.238. The number of hydrogen-bond donors (Lipinski definition) is 1. The van der Waals surface area contributed by atoms with Crippen molar-refractivity contribution >= 4 is 32.3 Å². The number of sulfone groups is 1. The number of hydrogen-bond acceptors (Lipinski definition) is 6. The average Bonchev–Trinajstić information content (AvgIpc) is 3.39. The molecule has 29 heavy (non-hydrogen) atoms. The van der Waals surface area contributed by atoms with Crippen LogP contribution >= 0.6 is 0 Å². The molecule has 3 aromatic rings. The molecule has 2 aliphatic heterocycles. The van der Waals surface area contributed by atoms with Crippen LogP contribution in [-0.2, 0) is 21.1 Å². The Balaban J connectivity index is 1.55. The normalized spacial score (nSPS) is 18.7. The van der Waals surface area contributed by atoms with Crippen molar-refractivity contribution in [2.45, 2.75) is 23.1 Å². The lowest BCUT2D eigenvalue weighted by molar-refractivity contribution is 0.198. The number of aromatic nitrogens is 1. The maximum Gasteiger partial charge on any atom is 0.183 e. The van der Waals surface area contributed by atoms with Crippen LogP contribution < -0.4 is 5.32 Å². The number of aliphatic imine (C=N–C) groups is 1. The molecule has 6 nitrogen and oxygen atoms in total. The minimum atomic E-state index is -3.49. The molecule has 1 unspecified atom stereocenters. The first-order valence-electron chi connectivity index (χ1n) is 9.33. The van der Waals surface area contributed by atoms with Gasteiger partial charge in [-0.3, -0.25) is 9.98 Å². The molecule has 0 bridgehead atoms. The van der Waals surface area contributed by atoms with Crippen LogP contribution in [0.2, 0.25) is 0 Å². The smallest absolute Gasteiger partial charge is 0.183 e. The molecule has 0 spiro atoms. The quantitative estimate of drug-likeness (QED) is 0.715. The van der Waals surface area contributed by atoms with E-state index in [4.69, 9.17) is 4.74 Å². The molecule has 5 rings (SSSR count). The van der Waals surface area contributed by atoms with Gasteiger partial charge in [0.05, 0.1) is 34.5 Å². The van der Waals surface area contributed by atoms with Crippen molar-refractivity contribution in [2.24, 2.45) is 4.99 Å². The minimum Gasteiger partial charge on any atom is -0.380 e. The minimum absolute atomic E-state index is 0.220. The van der Waals surface area contributed by atoms with Crippen LogP contribution in [-0.4, -0.2) is 37.7 Å². The van der Waals surface area contributed by atoms with E-state index in [-0.39, 0.29) is 17.3 Å². The summed E-state index contributed by atoms with van der Waals surface area (Å²) in [6, 6.07) is 11.3. The second-order valence-electron chi connectivity index (χ2n) is 7.16. The van der Waals surface area contributed by atoms with Crippen LogP contribution in [0.5, 0.6) is 0 Å². The van der Waals surface area contributed by atoms with Gasteiger partial charge in [0.15, 0.2) is 9.84 Å². The van der Waals surface area contributed by atoms with Gasteiger partial charge in [-0.25, -0.2) is 12.8 Å². The zero-order chi connectivity index (χ0) is 20.0. The highest BCUT2D eigenvalue weighted by molar-refractivity contribution is 7.92. The number of nitrogens with one attached hydrogen (secondary N) is 1. The largest absolute Gasteiger partial charge is 0.380 e. The van der Waals surface area contributed by atoms with E-state index in [1.54, 1.807) is 36.5 Å². The van der Waals surface area contributed by atoms with Crippen LogP contribution in [0.3, 0.4) is 0 Å². The van der Waals surface area contributed by atoms with Gasteiger partial charge in [0.25, 0.3) is 0 Å². The summed E-state index contributed by atoms with van der Waals surface area (Å²) >= 11 is 0. The highest BCUT2D eigenvalue weighted by Crippen LogP contribution is 2.30. The Bertz CT molecular complexity index is 1250. The lowest BCUT2D eigenvalue weighted by atomic mass is 10.1. The van der Waals surface area contributed by atoms with Gasteiger partial charge in [0.1, 0.15) is 11.7 Å². The van der Waals surface area contributed by atoms with E-state index in [1.165, 1.54) is 12.1 Å². The van der Waals surface area contributed by atoms with Crippen molar-refractivity contribution in [1.82, 2.24) is 4.98 Å². The van der Waals surface area contributed by atoms with E-state index >= 15 is 0 Å². The topological polar surface area (TPSA) is 80.7 Å². The molecule has 1 N–H and O–H groups in total. The standard InChI is InChI=1S/C21H18FN3O3S/c22-14-2-1-13-11-24-21(17(13)9-14)25-20-5-7-23-19-4-3-15(10-18(19)20)29(26,27)16-6-8-28-12-16/h1-5,7,9-10,16H,6,8,11-12H2,(H,23,24,25). The second-order valence-corrected chi connectivity index (χ2v) is 9.39. The Labute approximate surface area is 167 Å². The monoisotopic (exact) mass is 411 g/mol. The Morgan fingerprint density at radius 3 is 2.86 bits per heavy atom.